The molecule has 0 saturated carbocycles. The number of hydrogen-bond donors (Lipinski definition) is 0. The summed E-state index contributed by atoms with van der Waals surface area (Å²) in [5.74, 6) is 1.69. The highest BCUT2D eigenvalue weighted by Crippen LogP contribution is 2.30. The van der Waals surface area contributed by atoms with Gasteiger partial charge < -0.3 is 14.5 Å². The van der Waals surface area contributed by atoms with Crippen molar-refractivity contribution < 1.29 is 4.74 Å². The van der Waals surface area contributed by atoms with Crippen molar-refractivity contribution in [2.45, 2.75) is 26.7 Å². The van der Waals surface area contributed by atoms with Crippen molar-refractivity contribution in [1.29, 1.82) is 0 Å². The Kier molecular flexibility index (Phi) is 7.07. The molecular formula is C21H27IN4O. The first-order valence-electron chi connectivity index (χ1n) is 9.47. The molecule has 1 aliphatic rings. The number of nitrogens with zero attached hydrogens (tertiary/aromatic N) is 4. The van der Waals surface area contributed by atoms with Gasteiger partial charge in [-0.15, -0.1) is 6.58 Å². The lowest BCUT2D eigenvalue weighted by molar-refractivity contribution is 0.122. The summed E-state index contributed by atoms with van der Waals surface area (Å²) in [6.07, 6.45) is 4.14. The molecule has 6 heteroatoms. The van der Waals surface area contributed by atoms with Gasteiger partial charge >= 0.3 is 0 Å². The fourth-order valence-corrected chi connectivity index (χ4v) is 4.11. The summed E-state index contributed by atoms with van der Waals surface area (Å²) in [5.41, 5.74) is 3.45. The highest BCUT2D eigenvalue weighted by atomic mass is 127. The molecule has 3 rings (SSSR count). The maximum absolute atomic E-state index is 5.47. The molecule has 1 fully saturated rings. The molecule has 0 unspecified atom stereocenters. The number of aromatic nitrogens is 2. The average molecular weight is 478 g/mol. The minimum atomic E-state index is 0.662. The summed E-state index contributed by atoms with van der Waals surface area (Å²) in [6, 6.07) is 8.69. The second-order valence-corrected chi connectivity index (χ2v) is 7.86. The van der Waals surface area contributed by atoms with Crippen LogP contribution in [0.4, 0.5) is 17.5 Å². The van der Waals surface area contributed by atoms with Gasteiger partial charge in [-0.3, -0.25) is 0 Å². The number of rotatable bonds is 7. The number of morpholine rings is 1. The standard InChI is InChI=1S/C21H27IN4O/c1-4-6-17-7-8-19(18(22)15-17)26(9-5-2)21-23-16(3)14-20(24-21)25-10-12-27-13-11-25/h5,7-8,14-15H,2,4,6,9-13H2,1,3H3. The van der Waals surface area contributed by atoms with Crippen LogP contribution >= 0.6 is 22.6 Å². The van der Waals surface area contributed by atoms with Gasteiger partial charge in [0.15, 0.2) is 0 Å². The number of benzene rings is 1. The van der Waals surface area contributed by atoms with Crippen molar-refractivity contribution in [2.75, 3.05) is 42.6 Å². The van der Waals surface area contributed by atoms with Crippen molar-refractivity contribution in [1.82, 2.24) is 9.97 Å². The second kappa shape index (κ2) is 9.50. The van der Waals surface area contributed by atoms with E-state index < -0.39 is 0 Å². The van der Waals surface area contributed by atoms with E-state index in [9.17, 15) is 0 Å². The van der Waals surface area contributed by atoms with Crippen LogP contribution in [0.3, 0.4) is 0 Å². The molecule has 5 nitrogen and oxygen atoms in total. The summed E-state index contributed by atoms with van der Waals surface area (Å²) in [7, 11) is 0. The Morgan fingerprint density at radius 1 is 1.26 bits per heavy atom. The summed E-state index contributed by atoms with van der Waals surface area (Å²) < 4.78 is 6.68. The number of ether oxygens (including phenoxy) is 1. The molecule has 1 saturated heterocycles. The predicted octanol–water partition coefficient (Wildman–Crippen LogP) is 4.50. The second-order valence-electron chi connectivity index (χ2n) is 6.70. The topological polar surface area (TPSA) is 41.5 Å². The van der Waals surface area contributed by atoms with Crippen LogP contribution in [0.1, 0.15) is 24.6 Å². The van der Waals surface area contributed by atoms with Crippen LogP contribution < -0.4 is 9.80 Å². The zero-order chi connectivity index (χ0) is 19.2. The summed E-state index contributed by atoms with van der Waals surface area (Å²) >= 11 is 2.41. The molecule has 1 aromatic heterocycles. The maximum Gasteiger partial charge on any atom is 0.232 e. The van der Waals surface area contributed by atoms with E-state index in [4.69, 9.17) is 14.7 Å². The van der Waals surface area contributed by atoms with Gasteiger partial charge in [-0.25, -0.2) is 4.98 Å². The van der Waals surface area contributed by atoms with E-state index in [1.807, 2.05) is 13.0 Å². The highest BCUT2D eigenvalue weighted by Gasteiger charge is 2.19. The van der Waals surface area contributed by atoms with Gasteiger partial charge in [0.2, 0.25) is 5.95 Å². The van der Waals surface area contributed by atoms with Crippen molar-refractivity contribution >= 4 is 40.0 Å². The Morgan fingerprint density at radius 2 is 2.04 bits per heavy atom. The van der Waals surface area contributed by atoms with E-state index in [-0.39, 0.29) is 0 Å². The SMILES string of the molecule is C=CCN(c1nc(C)cc(N2CCOCC2)n1)c1ccc(CCC)cc1I. The number of hydrogen-bond acceptors (Lipinski definition) is 5. The minimum Gasteiger partial charge on any atom is -0.378 e. The van der Waals surface area contributed by atoms with E-state index in [0.29, 0.717) is 6.54 Å². The summed E-state index contributed by atoms with van der Waals surface area (Å²) in [4.78, 5) is 14.0. The Hall–Kier alpha value is -1.67. The molecule has 1 aliphatic heterocycles. The largest absolute Gasteiger partial charge is 0.378 e. The lowest BCUT2D eigenvalue weighted by atomic mass is 10.1. The molecule has 0 aliphatic carbocycles. The molecule has 0 bridgehead atoms. The average Bonchev–Trinajstić information content (AvgIpc) is 2.67. The highest BCUT2D eigenvalue weighted by molar-refractivity contribution is 14.1. The summed E-state index contributed by atoms with van der Waals surface area (Å²) in [6.45, 7) is 12.0. The van der Waals surface area contributed by atoms with Crippen LogP contribution in [0, 0.1) is 10.5 Å². The zero-order valence-corrected chi connectivity index (χ0v) is 18.3. The van der Waals surface area contributed by atoms with E-state index >= 15 is 0 Å². The lowest BCUT2D eigenvalue weighted by Crippen LogP contribution is -2.37. The quantitative estimate of drug-likeness (QED) is 0.433. The Balaban J connectivity index is 1.97. The van der Waals surface area contributed by atoms with E-state index in [1.54, 1.807) is 0 Å². The van der Waals surface area contributed by atoms with Gasteiger partial charge in [0.05, 0.1) is 18.9 Å². The van der Waals surface area contributed by atoms with Gasteiger partial charge in [-0.1, -0.05) is 25.5 Å². The van der Waals surface area contributed by atoms with Crippen LogP contribution in [-0.2, 0) is 11.2 Å². The van der Waals surface area contributed by atoms with Gasteiger partial charge in [0, 0.05) is 35.0 Å². The van der Waals surface area contributed by atoms with Crippen molar-refractivity contribution in [3.8, 4) is 0 Å². The smallest absolute Gasteiger partial charge is 0.232 e. The predicted molar refractivity (Wildman–Crippen MR) is 120 cm³/mol. The van der Waals surface area contributed by atoms with Crippen LogP contribution in [0.25, 0.3) is 0 Å². The van der Waals surface area contributed by atoms with E-state index in [0.717, 1.165) is 62.3 Å². The van der Waals surface area contributed by atoms with Crippen molar-refractivity contribution in [3.05, 3.63) is 51.7 Å². The molecule has 0 N–H and O–H groups in total. The van der Waals surface area contributed by atoms with Crippen LogP contribution in [-0.4, -0.2) is 42.8 Å². The Labute approximate surface area is 175 Å². The van der Waals surface area contributed by atoms with Crippen molar-refractivity contribution in [3.63, 3.8) is 0 Å². The van der Waals surface area contributed by atoms with Gasteiger partial charge in [0.1, 0.15) is 5.82 Å². The number of aryl methyl sites for hydroxylation is 2. The third-order valence-electron chi connectivity index (χ3n) is 4.56. The molecule has 144 valence electrons. The Morgan fingerprint density at radius 3 is 2.70 bits per heavy atom. The molecule has 2 aromatic rings. The monoisotopic (exact) mass is 478 g/mol. The zero-order valence-electron chi connectivity index (χ0n) is 16.1. The fraction of sp³-hybridized carbons (Fsp3) is 0.429. The van der Waals surface area contributed by atoms with E-state index in [2.05, 4.69) is 70.2 Å². The molecule has 0 atom stereocenters. The maximum atomic E-state index is 5.47. The Bertz CT molecular complexity index is 790. The van der Waals surface area contributed by atoms with Gasteiger partial charge in [-0.05, 0) is 53.6 Å². The minimum absolute atomic E-state index is 0.662. The first-order valence-corrected chi connectivity index (χ1v) is 10.6. The third-order valence-corrected chi connectivity index (χ3v) is 5.42. The molecular weight excluding hydrogens is 451 g/mol. The van der Waals surface area contributed by atoms with Crippen LogP contribution in [0.2, 0.25) is 0 Å². The molecule has 0 radical (unpaired) electrons. The first kappa shape index (κ1) is 20.1. The summed E-state index contributed by atoms with van der Waals surface area (Å²) in [5, 5.41) is 0. The third kappa shape index (κ3) is 4.99. The normalized spacial score (nSPS) is 14.3. The van der Waals surface area contributed by atoms with Crippen molar-refractivity contribution in [2.24, 2.45) is 0 Å². The van der Waals surface area contributed by atoms with Crippen LogP contribution in [0.15, 0.2) is 36.9 Å². The lowest BCUT2D eigenvalue weighted by Gasteiger charge is -2.29. The van der Waals surface area contributed by atoms with E-state index in [1.165, 1.54) is 9.13 Å². The van der Waals surface area contributed by atoms with Crippen LogP contribution in [0.5, 0.6) is 0 Å². The fourth-order valence-electron chi connectivity index (χ4n) is 3.24. The van der Waals surface area contributed by atoms with Gasteiger partial charge in [-0.2, -0.15) is 4.98 Å². The molecule has 2 heterocycles. The van der Waals surface area contributed by atoms with Gasteiger partial charge in [0.25, 0.3) is 0 Å². The molecule has 1 aromatic carbocycles. The molecule has 0 spiro atoms. The number of anilines is 3. The first-order chi connectivity index (χ1) is 13.1. The molecule has 0 amide bonds. The molecule has 27 heavy (non-hydrogen) atoms. The number of halogens is 1.